The molecule has 1 amide bonds. The minimum atomic E-state index is -1.66. The molecule has 1 aliphatic rings. The Labute approximate surface area is 366 Å². The number of unbranched alkanes of at least 4 members (excludes halogenated alkanes) is 28. The van der Waals surface area contributed by atoms with Gasteiger partial charge in [0.15, 0.2) is 6.29 Å². The number of rotatable bonds is 42. The Morgan fingerprint density at radius 1 is 0.567 bits per heavy atom. The second kappa shape index (κ2) is 39.4. The van der Waals surface area contributed by atoms with Gasteiger partial charge in [0, 0.05) is 0 Å². The number of carbonyl (C=O) groups is 1. The standard InChI is InChI=1S/C49H95NO10/c1-3-5-7-9-11-13-15-17-19-20-21-22-23-25-26-28-30-32-34-36-41(52)44(54)40(39-59-49-47(57)46(56)45(55)43(38-51)60-49)50-48(58)42(53)37-35-33-31-29-27-24-18-16-14-12-10-8-6-4-2/h14,16,40-47,49,51-57H,3-13,15,17-39H2,1-2H3,(H,50,58)/b16-14-. The first-order valence-electron chi connectivity index (χ1n) is 25.1. The minimum Gasteiger partial charge on any atom is -0.394 e. The van der Waals surface area contributed by atoms with E-state index in [1.165, 1.54) is 128 Å². The van der Waals surface area contributed by atoms with Crippen LogP contribution in [-0.2, 0) is 14.3 Å². The molecule has 60 heavy (non-hydrogen) atoms. The Morgan fingerprint density at radius 3 is 1.42 bits per heavy atom. The largest absolute Gasteiger partial charge is 0.394 e. The molecule has 0 saturated carbocycles. The molecule has 1 aliphatic heterocycles. The molecular formula is C49H95NO10. The number of hydrogen-bond acceptors (Lipinski definition) is 10. The topological polar surface area (TPSA) is 189 Å². The number of aliphatic hydroxyl groups excluding tert-OH is 7. The molecule has 356 valence electrons. The zero-order chi connectivity index (χ0) is 44.1. The molecule has 0 aromatic carbocycles. The van der Waals surface area contributed by atoms with Crippen LogP contribution in [0.1, 0.15) is 226 Å². The number of allylic oxidation sites excluding steroid dienone is 2. The third-order valence-electron chi connectivity index (χ3n) is 12.3. The molecule has 0 spiro atoms. The van der Waals surface area contributed by atoms with Crippen molar-refractivity contribution in [3.63, 3.8) is 0 Å². The summed E-state index contributed by atoms with van der Waals surface area (Å²) < 4.78 is 11.1. The fourth-order valence-corrected chi connectivity index (χ4v) is 8.14. The molecule has 11 nitrogen and oxygen atoms in total. The van der Waals surface area contributed by atoms with Crippen LogP contribution < -0.4 is 5.32 Å². The summed E-state index contributed by atoms with van der Waals surface area (Å²) in [6, 6.07) is -1.17. The van der Waals surface area contributed by atoms with Crippen LogP contribution in [0.25, 0.3) is 0 Å². The highest BCUT2D eigenvalue weighted by Crippen LogP contribution is 2.23. The molecule has 9 unspecified atom stereocenters. The van der Waals surface area contributed by atoms with Crippen LogP contribution in [0, 0.1) is 0 Å². The van der Waals surface area contributed by atoms with Gasteiger partial charge in [-0.25, -0.2) is 0 Å². The van der Waals surface area contributed by atoms with E-state index in [1.54, 1.807) is 0 Å². The molecule has 1 fully saturated rings. The minimum absolute atomic E-state index is 0.255. The van der Waals surface area contributed by atoms with Gasteiger partial charge in [0.2, 0.25) is 5.91 Å². The predicted octanol–water partition coefficient (Wildman–Crippen LogP) is 8.84. The van der Waals surface area contributed by atoms with Gasteiger partial charge in [-0.15, -0.1) is 0 Å². The van der Waals surface area contributed by atoms with E-state index in [-0.39, 0.29) is 6.42 Å². The summed E-state index contributed by atoms with van der Waals surface area (Å²) in [5, 5.41) is 75.8. The predicted molar refractivity (Wildman–Crippen MR) is 243 cm³/mol. The van der Waals surface area contributed by atoms with E-state index >= 15 is 0 Å². The van der Waals surface area contributed by atoms with Crippen LogP contribution in [0.4, 0.5) is 0 Å². The lowest BCUT2D eigenvalue weighted by atomic mass is 9.98. The lowest BCUT2D eigenvalue weighted by molar-refractivity contribution is -0.303. The molecule has 0 radical (unpaired) electrons. The van der Waals surface area contributed by atoms with Gasteiger partial charge < -0.3 is 50.5 Å². The van der Waals surface area contributed by atoms with Crippen LogP contribution in [0.15, 0.2) is 12.2 Å². The highest BCUT2D eigenvalue weighted by atomic mass is 16.7. The Balaban J connectivity index is 2.40. The van der Waals surface area contributed by atoms with Crippen molar-refractivity contribution in [2.45, 2.75) is 281 Å². The second-order valence-electron chi connectivity index (χ2n) is 17.9. The molecule has 11 heteroatoms. The van der Waals surface area contributed by atoms with E-state index in [0.29, 0.717) is 19.3 Å². The van der Waals surface area contributed by atoms with Crippen molar-refractivity contribution in [1.29, 1.82) is 0 Å². The SMILES string of the molecule is CCCCCC/C=C\CCCCCCCCC(O)C(=O)NC(COC1OC(CO)C(O)C(O)C1O)C(O)C(O)CCCCCCCCCCCCCCCCCCCCC. The normalized spacial score (nSPS) is 21.6. The summed E-state index contributed by atoms with van der Waals surface area (Å²) in [6.07, 6.45) is 31.1. The molecule has 8 N–H and O–H groups in total. The number of ether oxygens (including phenoxy) is 2. The van der Waals surface area contributed by atoms with Gasteiger partial charge in [0.25, 0.3) is 0 Å². The Morgan fingerprint density at radius 2 is 0.967 bits per heavy atom. The summed E-state index contributed by atoms with van der Waals surface area (Å²) in [7, 11) is 0. The maximum atomic E-state index is 13.1. The summed E-state index contributed by atoms with van der Waals surface area (Å²) >= 11 is 0. The number of amides is 1. The first-order valence-corrected chi connectivity index (χ1v) is 25.1. The Hall–Kier alpha value is -1.15. The van der Waals surface area contributed by atoms with Crippen molar-refractivity contribution < 1.29 is 50.0 Å². The second-order valence-corrected chi connectivity index (χ2v) is 17.9. The average Bonchev–Trinajstić information content (AvgIpc) is 3.25. The number of nitrogens with one attached hydrogen (secondary N) is 1. The maximum absolute atomic E-state index is 13.1. The van der Waals surface area contributed by atoms with E-state index < -0.39 is 74.2 Å². The monoisotopic (exact) mass is 858 g/mol. The first kappa shape index (κ1) is 56.9. The summed E-state index contributed by atoms with van der Waals surface area (Å²) in [4.78, 5) is 13.1. The van der Waals surface area contributed by atoms with Gasteiger partial charge in [-0.1, -0.05) is 199 Å². The van der Waals surface area contributed by atoms with E-state index in [2.05, 4.69) is 31.3 Å². The smallest absolute Gasteiger partial charge is 0.249 e. The van der Waals surface area contributed by atoms with Crippen LogP contribution >= 0.6 is 0 Å². The van der Waals surface area contributed by atoms with Gasteiger partial charge in [-0.05, 0) is 38.5 Å². The molecule has 0 aliphatic carbocycles. The number of carbonyl (C=O) groups excluding carboxylic acids is 1. The van der Waals surface area contributed by atoms with E-state index in [4.69, 9.17) is 9.47 Å². The summed E-state index contributed by atoms with van der Waals surface area (Å²) in [5.74, 6) is -0.700. The fraction of sp³-hybridized carbons (Fsp3) is 0.939. The summed E-state index contributed by atoms with van der Waals surface area (Å²) in [5.41, 5.74) is 0. The quantitative estimate of drug-likeness (QED) is 0.0218. The molecular weight excluding hydrogens is 763 g/mol. The van der Waals surface area contributed by atoms with Crippen molar-refractivity contribution in [2.24, 2.45) is 0 Å². The molecule has 0 bridgehead atoms. The van der Waals surface area contributed by atoms with Crippen LogP contribution in [0.5, 0.6) is 0 Å². The van der Waals surface area contributed by atoms with Crippen LogP contribution in [0.2, 0.25) is 0 Å². The van der Waals surface area contributed by atoms with Gasteiger partial charge in [0.1, 0.15) is 36.6 Å². The number of aliphatic hydroxyl groups is 7. The lowest BCUT2D eigenvalue weighted by Gasteiger charge is -2.40. The van der Waals surface area contributed by atoms with Gasteiger partial charge >= 0.3 is 0 Å². The lowest BCUT2D eigenvalue weighted by Crippen LogP contribution is -2.60. The molecule has 9 atom stereocenters. The zero-order valence-corrected chi connectivity index (χ0v) is 38.5. The maximum Gasteiger partial charge on any atom is 0.249 e. The van der Waals surface area contributed by atoms with Gasteiger partial charge in [-0.3, -0.25) is 4.79 Å². The third kappa shape index (κ3) is 28.5. The van der Waals surface area contributed by atoms with Crippen molar-refractivity contribution in [1.82, 2.24) is 5.32 Å². The Kier molecular flexibility index (Phi) is 37.4. The highest BCUT2D eigenvalue weighted by Gasteiger charge is 2.44. The third-order valence-corrected chi connectivity index (χ3v) is 12.3. The van der Waals surface area contributed by atoms with Crippen LogP contribution in [0.3, 0.4) is 0 Å². The average molecular weight is 858 g/mol. The van der Waals surface area contributed by atoms with E-state index in [9.17, 15) is 40.5 Å². The summed E-state index contributed by atoms with van der Waals surface area (Å²) in [6.45, 7) is 3.44. The number of hydrogen-bond donors (Lipinski definition) is 8. The highest BCUT2D eigenvalue weighted by molar-refractivity contribution is 5.80. The van der Waals surface area contributed by atoms with Gasteiger partial charge in [0.05, 0.1) is 25.4 Å². The zero-order valence-electron chi connectivity index (χ0n) is 38.5. The molecule has 1 rings (SSSR count). The van der Waals surface area contributed by atoms with Crippen molar-refractivity contribution in [2.75, 3.05) is 13.2 Å². The van der Waals surface area contributed by atoms with Crippen LogP contribution in [-0.4, -0.2) is 110 Å². The first-order chi connectivity index (χ1) is 29.2. The fourth-order valence-electron chi connectivity index (χ4n) is 8.14. The molecule has 1 saturated heterocycles. The van der Waals surface area contributed by atoms with Crippen molar-refractivity contribution in [3.05, 3.63) is 12.2 Å². The van der Waals surface area contributed by atoms with Crippen molar-refractivity contribution in [3.8, 4) is 0 Å². The van der Waals surface area contributed by atoms with Gasteiger partial charge in [-0.2, -0.15) is 0 Å². The molecule has 0 aromatic heterocycles. The van der Waals surface area contributed by atoms with E-state index in [0.717, 1.165) is 57.8 Å². The van der Waals surface area contributed by atoms with Crippen molar-refractivity contribution >= 4 is 5.91 Å². The molecule has 1 heterocycles. The molecule has 0 aromatic rings. The van der Waals surface area contributed by atoms with E-state index in [1.807, 2.05) is 0 Å². The Bertz CT molecular complexity index is 986.